The van der Waals surface area contributed by atoms with Gasteiger partial charge >= 0.3 is 6.18 Å². The van der Waals surface area contributed by atoms with E-state index in [4.69, 9.17) is 0 Å². The maximum Gasteiger partial charge on any atom is 0.416 e. The fraction of sp³-hybridized carbons (Fsp3) is 0.176. The van der Waals surface area contributed by atoms with Gasteiger partial charge in [0.25, 0.3) is 0 Å². The minimum atomic E-state index is -4.47. The van der Waals surface area contributed by atoms with Gasteiger partial charge in [-0.1, -0.05) is 17.8 Å². The van der Waals surface area contributed by atoms with E-state index in [0.717, 1.165) is 29.5 Å². The Balaban J connectivity index is 1.64. The summed E-state index contributed by atoms with van der Waals surface area (Å²) >= 11 is 1.09. The molecule has 27 heavy (non-hydrogen) atoms. The molecule has 0 radical (unpaired) electrons. The molecule has 6 nitrogen and oxygen atoms in total. The van der Waals surface area contributed by atoms with E-state index >= 15 is 0 Å². The van der Waals surface area contributed by atoms with Crippen LogP contribution in [0.2, 0.25) is 0 Å². The molecule has 0 bridgehead atoms. The summed E-state index contributed by atoms with van der Waals surface area (Å²) in [6.07, 6.45) is -1.23. The number of hydrogen-bond donors (Lipinski definition) is 2. The minimum absolute atomic E-state index is 0.0785. The second-order valence-corrected chi connectivity index (χ2v) is 6.84. The zero-order chi connectivity index (χ0) is 19.4. The van der Waals surface area contributed by atoms with Crippen molar-refractivity contribution in [1.29, 1.82) is 0 Å². The van der Waals surface area contributed by atoms with E-state index in [2.05, 4.69) is 25.5 Å². The van der Waals surface area contributed by atoms with Crippen LogP contribution in [0.15, 0.2) is 53.9 Å². The quantitative estimate of drug-likeness (QED) is 0.640. The molecule has 0 aliphatic rings. The third-order valence-electron chi connectivity index (χ3n) is 3.53. The molecule has 2 aromatic heterocycles. The van der Waals surface area contributed by atoms with Crippen LogP contribution in [0, 0.1) is 0 Å². The molecule has 10 heteroatoms. The summed E-state index contributed by atoms with van der Waals surface area (Å²) in [7, 11) is 0. The summed E-state index contributed by atoms with van der Waals surface area (Å²) in [5, 5.41) is 9.04. The van der Waals surface area contributed by atoms with E-state index < -0.39 is 22.9 Å². The van der Waals surface area contributed by atoms with Gasteiger partial charge in [-0.3, -0.25) is 14.9 Å². The Hall–Kier alpha value is -2.88. The molecule has 3 aromatic rings. The predicted molar refractivity (Wildman–Crippen MR) is 95.0 cm³/mol. The van der Waals surface area contributed by atoms with Gasteiger partial charge in [-0.15, -0.1) is 5.10 Å². The van der Waals surface area contributed by atoms with Gasteiger partial charge < -0.3 is 5.32 Å². The van der Waals surface area contributed by atoms with Crippen molar-refractivity contribution in [2.45, 2.75) is 23.5 Å². The van der Waals surface area contributed by atoms with E-state index in [1.54, 1.807) is 31.5 Å². The normalized spacial score (nSPS) is 12.6. The molecule has 1 aromatic carbocycles. The monoisotopic (exact) mass is 393 g/mol. The third kappa shape index (κ3) is 4.85. The zero-order valence-electron chi connectivity index (χ0n) is 14.0. The Morgan fingerprint density at radius 3 is 2.67 bits per heavy atom. The van der Waals surface area contributed by atoms with Crippen LogP contribution >= 0.6 is 11.8 Å². The highest BCUT2D eigenvalue weighted by Gasteiger charge is 2.30. The second kappa shape index (κ2) is 7.78. The van der Waals surface area contributed by atoms with Gasteiger partial charge in [0, 0.05) is 23.6 Å². The molecule has 0 aliphatic carbocycles. The molecular weight excluding hydrogens is 379 g/mol. The molecule has 0 aliphatic heterocycles. The lowest BCUT2D eigenvalue weighted by atomic mass is 10.2. The van der Waals surface area contributed by atoms with Crippen molar-refractivity contribution in [2.75, 3.05) is 5.32 Å². The number of thioether (sulfide) groups is 1. The smallest absolute Gasteiger partial charge is 0.325 e. The van der Waals surface area contributed by atoms with Gasteiger partial charge in [-0.05, 0) is 37.3 Å². The maximum atomic E-state index is 12.8. The first-order valence-electron chi connectivity index (χ1n) is 7.80. The van der Waals surface area contributed by atoms with E-state index in [1.165, 1.54) is 12.1 Å². The zero-order valence-corrected chi connectivity index (χ0v) is 14.8. The summed E-state index contributed by atoms with van der Waals surface area (Å²) in [5.41, 5.74) is 0.0525. The first kappa shape index (κ1) is 18.9. The van der Waals surface area contributed by atoms with Crippen molar-refractivity contribution in [3.63, 3.8) is 0 Å². The molecule has 140 valence electrons. The molecule has 0 spiro atoms. The Morgan fingerprint density at radius 1 is 1.22 bits per heavy atom. The predicted octanol–water partition coefficient (Wildman–Crippen LogP) is 4.00. The number of amides is 1. The van der Waals surface area contributed by atoms with Crippen LogP contribution in [-0.2, 0) is 11.0 Å². The molecular formula is C17H14F3N5OS. The first-order chi connectivity index (χ1) is 12.8. The van der Waals surface area contributed by atoms with Gasteiger partial charge in [-0.25, -0.2) is 4.98 Å². The number of H-pyrrole nitrogens is 1. The van der Waals surface area contributed by atoms with Crippen molar-refractivity contribution in [3.05, 3.63) is 54.4 Å². The average Bonchev–Trinajstić information content (AvgIpc) is 3.10. The molecule has 0 fully saturated rings. The number of nitrogens with zero attached hydrogens (tertiary/aromatic N) is 3. The third-order valence-corrected chi connectivity index (χ3v) is 4.49. The Kier molecular flexibility index (Phi) is 5.45. The molecule has 0 unspecified atom stereocenters. The second-order valence-electron chi connectivity index (χ2n) is 5.53. The number of halogens is 3. The maximum absolute atomic E-state index is 12.8. The molecule has 2 heterocycles. The number of anilines is 1. The van der Waals surface area contributed by atoms with Crippen LogP contribution in [-0.4, -0.2) is 31.3 Å². The van der Waals surface area contributed by atoms with Crippen LogP contribution in [0.4, 0.5) is 18.9 Å². The van der Waals surface area contributed by atoms with Crippen molar-refractivity contribution in [3.8, 4) is 11.4 Å². The number of alkyl halides is 3. The topological polar surface area (TPSA) is 83.6 Å². The SMILES string of the molecule is C[C@@H](Sc1n[nH]c(-c2ccncc2)n1)C(=O)Nc1cccc(C(F)(F)F)c1. The molecule has 1 amide bonds. The highest BCUT2D eigenvalue weighted by Crippen LogP contribution is 2.31. The number of aromatic nitrogens is 4. The summed E-state index contributed by atoms with van der Waals surface area (Å²) in [6, 6.07) is 8.01. The number of pyridine rings is 1. The highest BCUT2D eigenvalue weighted by atomic mass is 32.2. The van der Waals surface area contributed by atoms with E-state index in [0.29, 0.717) is 11.0 Å². The number of nitrogens with one attached hydrogen (secondary N) is 2. The van der Waals surface area contributed by atoms with Crippen molar-refractivity contribution in [2.24, 2.45) is 0 Å². The van der Waals surface area contributed by atoms with Crippen LogP contribution in [0.25, 0.3) is 11.4 Å². The van der Waals surface area contributed by atoms with Gasteiger partial charge in [0.2, 0.25) is 11.1 Å². The van der Waals surface area contributed by atoms with Crippen LogP contribution in [0.5, 0.6) is 0 Å². The Bertz CT molecular complexity index is 930. The number of aromatic amines is 1. The van der Waals surface area contributed by atoms with Gasteiger partial charge in [0.05, 0.1) is 10.8 Å². The lowest BCUT2D eigenvalue weighted by molar-refractivity contribution is -0.137. The fourth-order valence-electron chi connectivity index (χ4n) is 2.17. The van der Waals surface area contributed by atoms with Gasteiger partial charge in [0.15, 0.2) is 5.82 Å². The van der Waals surface area contributed by atoms with Crippen molar-refractivity contribution >= 4 is 23.4 Å². The number of rotatable bonds is 5. The van der Waals surface area contributed by atoms with E-state index in [1.807, 2.05) is 0 Å². The molecule has 1 atom stereocenters. The molecule has 0 saturated carbocycles. The summed E-state index contributed by atoms with van der Waals surface area (Å²) in [6.45, 7) is 1.62. The molecule has 2 N–H and O–H groups in total. The van der Waals surface area contributed by atoms with E-state index in [-0.39, 0.29) is 5.69 Å². The number of benzene rings is 1. The highest BCUT2D eigenvalue weighted by molar-refractivity contribution is 8.00. The average molecular weight is 393 g/mol. The fourth-order valence-corrected chi connectivity index (χ4v) is 2.89. The standard InChI is InChI=1S/C17H14F3N5OS/c1-10(15(26)22-13-4-2-3-12(9-13)17(18,19)20)27-16-23-14(24-25-16)11-5-7-21-8-6-11/h2-10H,1H3,(H,22,26)(H,23,24,25)/t10-/m1/s1. The lowest BCUT2D eigenvalue weighted by Crippen LogP contribution is -2.22. The van der Waals surface area contributed by atoms with Gasteiger partial charge in [-0.2, -0.15) is 13.2 Å². The Labute approximate surface area is 156 Å². The van der Waals surface area contributed by atoms with Crippen LogP contribution in [0.3, 0.4) is 0 Å². The van der Waals surface area contributed by atoms with Gasteiger partial charge in [0.1, 0.15) is 0 Å². The van der Waals surface area contributed by atoms with Crippen molar-refractivity contribution < 1.29 is 18.0 Å². The summed E-state index contributed by atoms with van der Waals surface area (Å²) in [4.78, 5) is 20.5. The number of hydrogen-bond acceptors (Lipinski definition) is 5. The van der Waals surface area contributed by atoms with Crippen LogP contribution in [0.1, 0.15) is 12.5 Å². The number of carbonyl (C=O) groups excluding carboxylic acids is 1. The van der Waals surface area contributed by atoms with E-state index in [9.17, 15) is 18.0 Å². The molecule has 3 rings (SSSR count). The van der Waals surface area contributed by atoms with Crippen molar-refractivity contribution in [1.82, 2.24) is 20.2 Å². The van der Waals surface area contributed by atoms with Crippen LogP contribution < -0.4 is 5.32 Å². The largest absolute Gasteiger partial charge is 0.416 e. The first-order valence-corrected chi connectivity index (χ1v) is 8.68. The summed E-state index contributed by atoms with van der Waals surface area (Å²) in [5.74, 6) is 0.0833. The lowest BCUT2D eigenvalue weighted by Gasteiger charge is -2.12. The minimum Gasteiger partial charge on any atom is -0.325 e. The molecule has 0 saturated heterocycles. The number of carbonyl (C=O) groups is 1. The Morgan fingerprint density at radius 2 is 1.96 bits per heavy atom. The summed E-state index contributed by atoms with van der Waals surface area (Å²) < 4.78 is 38.3.